The summed E-state index contributed by atoms with van der Waals surface area (Å²) in [6.45, 7) is 1.86. The van der Waals surface area contributed by atoms with Crippen molar-refractivity contribution in [1.82, 2.24) is 4.90 Å². The van der Waals surface area contributed by atoms with E-state index >= 15 is 0 Å². The van der Waals surface area contributed by atoms with Crippen LogP contribution in [-0.2, 0) is 0 Å². The third-order valence-corrected chi connectivity index (χ3v) is 4.27. The van der Waals surface area contributed by atoms with Crippen LogP contribution in [0.5, 0.6) is 0 Å². The second kappa shape index (κ2) is 5.08. The minimum atomic E-state index is -0.432. The molecule has 1 atom stereocenters. The van der Waals surface area contributed by atoms with E-state index in [1.54, 1.807) is 24.1 Å². The SMILES string of the molecule is Cc1ccc(F)c(C(=O)N(C)C2CCSC2)c1. The minimum Gasteiger partial charge on any atom is -0.338 e. The number of nitrogens with zero attached hydrogens (tertiary/aromatic N) is 1. The lowest BCUT2D eigenvalue weighted by atomic mass is 10.1. The highest BCUT2D eigenvalue weighted by Crippen LogP contribution is 2.23. The molecule has 1 aliphatic heterocycles. The molecule has 1 aliphatic rings. The molecule has 2 rings (SSSR count). The van der Waals surface area contributed by atoms with Gasteiger partial charge in [-0.25, -0.2) is 4.39 Å². The van der Waals surface area contributed by atoms with Crippen LogP contribution in [0.25, 0.3) is 0 Å². The van der Waals surface area contributed by atoms with Gasteiger partial charge in [-0.1, -0.05) is 11.6 Å². The number of amides is 1. The van der Waals surface area contributed by atoms with E-state index in [0.717, 1.165) is 23.5 Å². The Bertz CT molecular complexity index is 429. The summed E-state index contributed by atoms with van der Waals surface area (Å²) in [6, 6.07) is 4.90. The van der Waals surface area contributed by atoms with Crippen LogP contribution in [0, 0.1) is 12.7 Å². The van der Waals surface area contributed by atoms with Gasteiger partial charge in [-0.3, -0.25) is 4.79 Å². The summed E-state index contributed by atoms with van der Waals surface area (Å²) in [7, 11) is 1.76. The first-order valence-corrected chi connectivity index (χ1v) is 6.86. The largest absolute Gasteiger partial charge is 0.338 e. The van der Waals surface area contributed by atoms with Crippen molar-refractivity contribution in [3.63, 3.8) is 0 Å². The van der Waals surface area contributed by atoms with Crippen LogP contribution in [0.15, 0.2) is 18.2 Å². The molecule has 0 spiro atoms. The Hall–Kier alpha value is -1.03. The Morgan fingerprint density at radius 3 is 2.94 bits per heavy atom. The zero-order chi connectivity index (χ0) is 12.4. The zero-order valence-electron chi connectivity index (χ0n) is 10.1. The number of aryl methyl sites for hydroxylation is 1. The van der Waals surface area contributed by atoms with E-state index in [1.165, 1.54) is 6.07 Å². The molecular weight excluding hydrogens is 237 g/mol. The fraction of sp³-hybridized carbons (Fsp3) is 0.462. The molecule has 4 heteroatoms. The van der Waals surface area contributed by atoms with Gasteiger partial charge in [0, 0.05) is 18.8 Å². The molecule has 1 unspecified atom stereocenters. The third kappa shape index (κ3) is 2.63. The predicted molar refractivity (Wildman–Crippen MR) is 69.0 cm³/mol. The molecule has 17 heavy (non-hydrogen) atoms. The Morgan fingerprint density at radius 1 is 1.53 bits per heavy atom. The average Bonchev–Trinajstić information content (AvgIpc) is 2.84. The molecule has 1 heterocycles. The molecular formula is C13H16FNOS. The van der Waals surface area contributed by atoms with Gasteiger partial charge in [-0.2, -0.15) is 11.8 Å². The van der Waals surface area contributed by atoms with Gasteiger partial charge in [0.05, 0.1) is 5.56 Å². The number of hydrogen-bond acceptors (Lipinski definition) is 2. The first-order valence-electron chi connectivity index (χ1n) is 5.70. The van der Waals surface area contributed by atoms with Crippen LogP contribution in [0.2, 0.25) is 0 Å². The summed E-state index contributed by atoms with van der Waals surface area (Å²) in [6.07, 6.45) is 1.00. The van der Waals surface area contributed by atoms with E-state index in [1.807, 2.05) is 18.7 Å². The highest BCUT2D eigenvalue weighted by molar-refractivity contribution is 7.99. The van der Waals surface area contributed by atoms with Crippen molar-refractivity contribution in [2.24, 2.45) is 0 Å². The Morgan fingerprint density at radius 2 is 2.29 bits per heavy atom. The van der Waals surface area contributed by atoms with Crippen LogP contribution in [0.4, 0.5) is 4.39 Å². The van der Waals surface area contributed by atoms with Crippen LogP contribution < -0.4 is 0 Å². The van der Waals surface area contributed by atoms with Crippen molar-refractivity contribution < 1.29 is 9.18 Å². The molecule has 0 bridgehead atoms. The highest BCUT2D eigenvalue weighted by Gasteiger charge is 2.26. The second-order valence-corrected chi connectivity index (χ2v) is 5.57. The van der Waals surface area contributed by atoms with Crippen LogP contribution >= 0.6 is 11.8 Å². The van der Waals surface area contributed by atoms with Gasteiger partial charge in [0.1, 0.15) is 5.82 Å². The maximum atomic E-state index is 13.6. The fourth-order valence-corrected chi connectivity index (χ4v) is 3.25. The molecule has 1 fully saturated rings. The number of benzene rings is 1. The molecule has 1 amide bonds. The topological polar surface area (TPSA) is 20.3 Å². The van der Waals surface area contributed by atoms with E-state index in [0.29, 0.717) is 0 Å². The van der Waals surface area contributed by atoms with Gasteiger partial charge in [0.2, 0.25) is 0 Å². The molecule has 2 nitrogen and oxygen atoms in total. The van der Waals surface area contributed by atoms with Gasteiger partial charge in [-0.15, -0.1) is 0 Å². The van der Waals surface area contributed by atoms with E-state index in [4.69, 9.17) is 0 Å². The lowest BCUT2D eigenvalue weighted by Gasteiger charge is -2.24. The molecule has 0 aliphatic carbocycles. The van der Waals surface area contributed by atoms with Crippen molar-refractivity contribution in [1.29, 1.82) is 0 Å². The van der Waals surface area contributed by atoms with Crippen LogP contribution in [-0.4, -0.2) is 35.4 Å². The molecule has 0 N–H and O–H groups in total. The lowest BCUT2D eigenvalue weighted by molar-refractivity contribution is 0.0743. The van der Waals surface area contributed by atoms with Crippen molar-refractivity contribution >= 4 is 17.7 Å². The summed E-state index contributed by atoms with van der Waals surface area (Å²) in [5, 5.41) is 0. The third-order valence-electron chi connectivity index (χ3n) is 3.13. The number of hydrogen-bond donors (Lipinski definition) is 0. The van der Waals surface area contributed by atoms with E-state index in [-0.39, 0.29) is 17.5 Å². The quantitative estimate of drug-likeness (QED) is 0.807. The standard InChI is InChI=1S/C13H16FNOS/c1-9-3-4-12(14)11(7-9)13(16)15(2)10-5-6-17-8-10/h3-4,7,10H,5-6,8H2,1-2H3. The Kier molecular flexibility index (Phi) is 3.72. The van der Waals surface area contributed by atoms with Gasteiger partial charge >= 0.3 is 0 Å². The number of thioether (sulfide) groups is 1. The normalized spacial score (nSPS) is 19.4. The number of halogens is 1. The molecule has 0 radical (unpaired) electrons. The second-order valence-electron chi connectivity index (χ2n) is 4.42. The van der Waals surface area contributed by atoms with Crippen molar-refractivity contribution in [3.05, 3.63) is 35.1 Å². The first kappa shape index (κ1) is 12.4. The molecule has 1 aromatic rings. The van der Waals surface area contributed by atoms with Gasteiger partial charge < -0.3 is 4.90 Å². The van der Waals surface area contributed by atoms with Crippen molar-refractivity contribution in [2.75, 3.05) is 18.6 Å². The summed E-state index contributed by atoms with van der Waals surface area (Å²) in [5.74, 6) is 1.39. The van der Waals surface area contributed by atoms with E-state index in [9.17, 15) is 9.18 Å². The fourth-order valence-electron chi connectivity index (χ4n) is 1.99. The average molecular weight is 253 g/mol. The van der Waals surface area contributed by atoms with Gasteiger partial charge in [0.15, 0.2) is 0 Å². The number of carbonyl (C=O) groups is 1. The summed E-state index contributed by atoms with van der Waals surface area (Å²) in [5.41, 5.74) is 1.09. The number of carbonyl (C=O) groups excluding carboxylic acids is 1. The highest BCUT2D eigenvalue weighted by atomic mass is 32.2. The lowest BCUT2D eigenvalue weighted by Crippen LogP contribution is -2.37. The molecule has 1 saturated heterocycles. The van der Waals surface area contributed by atoms with Gasteiger partial charge in [0.25, 0.3) is 5.91 Å². The Balaban J connectivity index is 2.20. The smallest absolute Gasteiger partial charge is 0.256 e. The molecule has 0 aromatic heterocycles. The maximum absolute atomic E-state index is 13.6. The molecule has 0 saturated carbocycles. The van der Waals surface area contributed by atoms with Gasteiger partial charge in [-0.05, 0) is 31.2 Å². The van der Waals surface area contributed by atoms with Crippen molar-refractivity contribution in [3.8, 4) is 0 Å². The Labute approximate surface area is 105 Å². The van der Waals surface area contributed by atoms with Crippen molar-refractivity contribution in [2.45, 2.75) is 19.4 Å². The van der Waals surface area contributed by atoms with Crippen LogP contribution in [0.1, 0.15) is 22.3 Å². The maximum Gasteiger partial charge on any atom is 0.256 e. The number of rotatable bonds is 2. The summed E-state index contributed by atoms with van der Waals surface area (Å²) < 4.78 is 13.6. The summed E-state index contributed by atoms with van der Waals surface area (Å²) >= 11 is 1.84. The molecule has 92 valence electrons. The minimum absolute atomic E-state index is 0.185. The van der Waals surface area contributed by atoms with E-state index in [2.05, 4.69) is 0 Å². The summed E-state index contributed by atoms with van der Waals surface area (Å²) in [4.78, 5) is 13.9. The predicted octanol–water partition coefficient (Wildman–Crippen LogP) is 2.71. The monoisotopic (exact) mass is 253 g/mol. The molecule has 1 aromatic carbocycles. The zero-order valence-corrected chi connectivity index (χ0v) is 10.9. The first-order chi connectivity index (χ1) is 8.09. The van der Waals surface area contributed by atoms with E-state index < -0.39 is 5.82 Å². The van der Waals surface area contributed by atoms with Crippen LogP contribution in [0.3, 0.4) is 0 Å².